The number of rotatable bonds is 5. The third kappa shape index (κ3) is 4.28. The number of nitrogens with zero attached hydrogens (tertiary/aromatic N) is 2. The minimum atomic E-state index is -0.174. The normalized spacial score (nSPS) is 11.8. The standard InChI is InChI=1S/C17H22N4O/c1-5-12(3)18-16(22)15-10-13(4)19-17(21-15)20-14-8-6-7-11(2)9-14/h6-10,12H,5H2,1-4H3,(H,18,22)(H,19,20,21). The molecule has 1 amide bonds. The lowest BCUT2D eigenvalue weighted by Crippen LogP contribution is -2.32. The fourth-order valence-corrected chi connectivity index (χ4v) is 1.99. The molecule has 5 nitrogen and oxygen atoms in total. The smallest absolute Gasteiger partial charge is 0.270 e. The number of anilines is 2. The highest BCUT2D eigenvalue weighted by Gasteiger charge is 2.12. The van der Waals surface area contributed by atoms with Crippen LogP contribution in [-0.2, 0) is 0 Å². The summed E-state index contributed by atoms with van der Waals surface area (Å²) in [6.07, 6.45) is 0.879. The van der Waals surface area contributed by atoms with Crippen LogP contribution in [0.2, 0.25) is 0 Å². The monoisotopic (exact) mass is 298 g/mol. The summed E-state index contributed by atoms with van der Waals surface area (Å²) in [5.74, 6) is 0.257. The quantitative estimate of drug-likeness (QED) is 0.888. The first-order valence-electron chi connectivity index (χ1n) is 7.48. The summed E-state index contributed by atoms with van der Waals surface area (Å²) >= 11 is 0. The van der Waals surface area contributed by atoms with Gasteiger partial charge in [-0.2, -0.15) is 0 Å². The molecule has 116 valence electrons. The van der Waals surface area contributed by atoms with Crippen LogP contribution in [0.15, 0.2) is 30.3 Å². The van der Waals surface area contributed by atoms with Gasteiger partial charge in [0.15, 0.2) is 0 Å². The van der Waals surface area contributed by atoms with Gasteiger partial charge in [-0.1, -0.05) is 19.1 Å². The van der Waals surface area contributed by atoms with E-state index in [2.05, 4.69) is 20.6 Å². The average molecular weight is 298 g/mol. The van der Waals surface area contributed by atoms with Crippen molar-refractivity contribution in [3.8, 4) is 0 Å². The van der Waals surface area contributed by atoms with Gasteiger partial charge < -0.3 is 10.6 Å². The molecule has 0 radical (unpaired) electrons. The van der Waals surface area contributed by atoms with E-state index in [1.165, 1.54) is 0 Å². The number of carbonyl (C=O) groups excluding carboxylic acids is 1. The van der Waals surface area contributed by atoms with Crippen molar-refractivity contribution in [3.63, 3.8) is 0 Å². The summed E-state index contributed by atoms with van der Waals surface area (Å²) in [4.78, 5) is 20.8. The molecule has 2 N–H and O–H groups in total. The van der Waals surface area contributed by atoms with Gasteiger partial charge in [-0.3, -0.25) is 4.79 Å². The number of aryl methyl sites for hydroxylation is 2. The Morgan fingerprint density at radius 1 is 1.23 bits per heavy atom. The van der Waals surface area contributed by atoms with Crippen molar-refractivity contribution in [2.24, 2.45) is 0 Å². The second kappa shape index (κ2) is 7.02. The summed E-state index contributed by atoms with van der Waals surface area (Å²) in [5, 5.41) is 6.06. The predicted molar refractivity (Wildman–Crippen MR) is 88.4 cm³/mol. The Labute approximate surface area is 131 Å². The van der Waals surface area contributed by atoms with Crippen LogP contribution in [0.4, 0.5) is 11.6 Å². The van der Waals surface area contributed by atoms with Crippen molar-refractivity contribution < 1.29 is 4.79 Å². The molecular formula is C17H22N4O. The molecule has 5 heteroatoms. The molecule has 2 aromatic rings. The Bertz CT molecular complexity index is 669. The third-order valence-corrected chi connectivity index (χ3v) is 3.35. The van der Waals surface area contributed by atoms with E-state index in [1.807, 2.05) is 52.0 Å². The van der Waals surface area contributed by atoms with Gasteiger partial charge in [0.25, 0.3) is 5.91 Å². The van der Waals surface area contributed by atoms with Crippen LogP contribution < -0.4 is 10.6 Å². The highest BCUT2D eigenvalue weighted by atomic mass is 16.1. The number of benzene rings is 1. The Hall–Kier alpha value is -2.43. The summed E-state index contributed by atoms with van der Waals surface area (Å²) in [6, 6.07) is 9.74. The number of nitrogens with one attached hydrogen (secondary N) is 2. The van der Waals surface area contributed by atoms with Gasteiger partial charge in [-0.05, 0) is 51.0 Å². The molecule has 0 fully saturated rings. The number of hydrogen-bond acceptors (Lipinski definition) is 4. The van der Waals surface area contributed by atoms with Crippen LogP contribution in [0.1, 0.15) is 42.0 Å². The Kier molecular flexibility index (Phi) is 5.09. The molecular weight excluding hydrogens is 276 g/mol. The van der Waals surface area contributed by atoms with E-state index in [9.17, 15) is 4.79 Å². The first-order chi connectivity index (χ1) is 10.5. The van der Waals surface area contributed by atoms with Crippen molar-refractivity contribution in [1.29, 1.82) is 0 Å². The van der Waals surface area contributed by atoms with E-state index >= 15 is 0 Å². The van der Waals surface area contributed by atoms with E-state index in [4.69, 9.17) is 0 Å². The maximum absolute atomic E-state index is 12.2. The van der Waals surface area contributed by atoms with Crippen LogP contribution in [-0.4, -0.2) is 21.9 Å². The lowest BCUT2D eigenvalue weighted by atomic mass is 10.2. The molecule has 1 aromatic heterocycles. The van der Waals surface area contributed by atoms with Gasteiger partial charge in [0.2, 0.25) is 5.95 Å². The summed E-state index contributed by atoms with van der Waals surface area (Å²) in [7, 11) is 0. The summed E-state index contributed by atoms with van der Waals surface area (Å²) < 4.78 is 0. The maximum Gasteiger partial charge on any atom is 0.270 e. The summed E-state index contributed by atoms with van der Waals surface area (Å²) in [5.41, 5.74) is 3.17. The molecule has 1 heterocycles. The fourth-order valence-electron chi connectivity index (χ4n) is 1.99. The van der Waals surface area contributed by atoms with Gasteiger partial charge in [0.05, 0.1) is 0 Å². The molecule has 0 aliphatic heterocycles. The summed E-state index contributed by atoms with van der Waals surface area (Å²) in [6.45, 7) is 7.87. The van der Waals surface area contributed by atoms with Crippen LogP contribution >= 0.6 is 0 Å². The van der Waals surface area contributed by atoms with Gasteiger partial charge in [-0.25, -0.2) is 9.97 Å². The second-order valence-corrected chi connectivity index (χ2v) is 5.50. The van der Waals surface area contributed by atoms with Crippen molar-refractivity contribution in [1.82, 2.24) is 15.3 Å². The molecule has 2 rings (SSSR count). The zero-order chi connectivity index (χ0) is 16.1. The molecule has 0 bridgehead atoms. The molecule has 0 saturated carbocycles. The second-order valence-electron chi connectivity index (χ2n) is 5.50. The van der Waals surface area contributed by atoms with Gasteiger partial charge >= 0.3 is 0 Å². The number of hydrogen-bond donors (Lipinski definition) is 2. The predicted octanol–water partition coefficient (Wildman–Crippen LogP) is 3.37. The molecule has 1 unspecified atom stereocenters. The van der Waals surface area contributed by atoms with E-state index < -0.39 is 0 Å². The molecule has 1 atom stereocenters. The minimum absolute atomic E-state index is 0.121. The Morgan fingerprint density at radius 2 is 2.00 bits per heavy atom. The highest BCUT2D eigenvalue weighted by molar-refractivity contribution is 5.92. The zero-order valence-electron chi connectivity index (χ0n) is 13.5. The largest absolute Gasteiger partial charge is 0.348 e. The van der Waals surface area contributed by atoms with Crippen LogP contribution in [0.3, 0.4) is 0 Å². The van der Waals surface area contributed by atoms with Crippen LogP contribution in [0.25, 0.3) is 0 Å². The number of aromatic nitrogens is 2. The first kappa shape index (κ1) is 15.9. The third-order valence-electron chi connectivity index (χ3n) is 3.35. The lowest BCUT2D eigenvalue weighted by Gasteiger charge is -2.12. The van der Waals surface area contributed by atoms with Crippen molar-refractivity contribution in [2.45, 2.75) is 40.2 Å². The Balaban J connectivity index is 2.21. The van der Waals surface area contributed by atoms with Gasteiger partial charge in [0.1, 0.15) is 5.69 Å². The molecule has 0 saturated heterocycles. The zero-order valence-corrected chi connectivity index (χ0v) is 13.5. The fraction of sp³-hybridized carbons (Fsp3) is 0.353. The van der Waals surface area contributed by atoms with Crippen molar-refractivity contribution >= 4 is 17.5 Å². The molecule has 1 aromatic carbocycles. The lowest BCUT2D eigenvalue weighted by molar-refractivity contribution is 0.0934. The van der Waals surface area contributed by atoms with E-state index in [-0.39, 0.29) is 11.9 Å². The number of carbonyl (C=O) groups is 1. The minimum Gasteiger partial charge on any atom is -0.348 e. The molecule has 0 aliphatic carbocycles. The van der Waals surface area contributed by atoms with E-state index in [0.29, 0.717) is 11.6 Å². The maximum atomic E-state index is 12.2. The number of amides is 1. The SMILES string of the molecule is CCC(C)NC(=O)c1cc(C)nc(Nc2cccc(C)c2)n1. The van der Waals surface area contributed by atoms with Crippen molar-refractivity contribution in [3.05, 3.63) is 47.3 Å². The van der Waals surface area contributed by atoms with Gasteiger partial charge in [-0.15, -0.1) is 0 Å². The molecule has 22 heavy (non-hydrogen) atoms. The molecule has 0 aliphatic rings. The topological polar surface area (TPSA) is 66.9 Å². The average Bonchev–Trinajstić information content (AvgIpc) is 2.46. The van der Waals surface area contributed by atoms with Crippen LogP contribution in [0, 0.1) is 13.8 Å². The van der Waals surface area contributed by atoms with E-state index in [1.54, 1.807) is 6.07 Å². The first-order valence-corrected chi connectivity index (χ1v) is 7.48. The van der Waals surface area contributed by atoms with Crippen molar-refractivity contribution in [2.75, 3.05) is 5.32 Å². The van der Waals surface area contributed by atoms with Crippen LogP contribution in [0.5, 0.6) is 0 Å². The van der Waals surface area contributed by atoms with Gasteiger partial charge in [0, 0.05) is 17.4 Å². The molecule has 0 spiro atoms. The Morgan fingerprint density at radius 3 is 2.68 bits per heavy atom. The highest BCUT2D eigenvalue weighted by Crippen LogP contribution is 2.15. The van der Waals surface area contributed by atoms with E-state index in [0.717, 1.165) is 23.4 Å².